The van der Waals surface area contributed by atoms with E-state index >= 15 is 0 Å². The first-order valence-electron chi connectivity index (χ1n) is 8.58. The molecule has 2 aliphatic heterocycles. The highest BCUT2D eigenvalue weighted by Crippen LogP contribution is 2.40. The molecule has 25 heavy (non-hydrogen) atoms. The molecule has 0 aliphatic carbocycles. The number of nitrogens with zero attached hydrogens (tertiary/aromatic N) is 2. The van der Waals surface area contributed by atoms with Gasteiger partial charge in [-0.1, -0.05) is 18.2 Å². The lowest BCUT2D eigenvalue weighted by atomic mass is 9.78. The second-order valence-electron chi connectivity index (χ2n) is 6.88. The van der Waals surface area contributed by atoms with E-state index in [4.69, 9.17) is 0 Å². The Morgan fingerprint density at radius 1 is 1.28 bits per heavy atom. The number of rotatable bonds is 4. The number of hydrogen-bond acceptors (Lipinski definition) is 2. The monoisotopic (exact) mass is 348 g/mol. The van der Waals surface area contributed by atoms with Crippen LogP contribution >= 0.6 is 0 Å². The van der Waals surface area contributed by atoms with Crippen molar-refractivity contribution in [2.75, 3.05) is 19.6 Å². The Morgan fingerprint density at radius 2 is 2.08 bits per heavy atom. The van der Waals surface area contributed by atoms with Crippen molar-refractivity contribution in [3.05, 3.63) is 48.1 Å². The fraction of sp³-hybridized carbons (Fsp3) is 0.474. The van der Waals surface area contributed by atoms with E-state index < -0.39 is 17.0 Å². The highest BCUT2D eigenvalue weighted by Gasteiger charge is 2.49. The van der Waals surface area contributed by atoms with Gasteiger partial charge in [-0.3, -0.25) is 9.59 Å². The Bertz CT molecular complexity index is 707. The van der Waals surface area contributed by atoms with Crippen LogP contribution in [-0.2, 0) is 16.1 Å². The second-order valence-corrected chi connectivity index (χ2v) is 6.88. The Kier molecular flexibility index (Phi) is 4.88. The number of amides is 2. The lowest BCUT2D eigenvalue weighted by molar-refractivity contribution is -0.146. The number of hydrogen-bond donors (Lipinski definition) is 0. The van der Waals surface area contributed by atoms with Gasteiger partial charge in [0.05, 0.1) is 5.41 Å². The third kappa shape index (κ3) is 3.30. The smallest absolute Gasteiger partial charge is 0.230 e. The quantitative estimate of drug-likeness (QED) is 0.785. The third-order valence-corrected chi connectivity index (χ3v) is 5.24. The SMILES string of the molecule is C=CCC(=O)N1CCC2(CCCN(Cc3cccc(F)c3F)C2=O)C1. The summed E-state index contributed by atoms with van der Waals surface area (Å²) in [7, 11) is 0. The van der Waals surface area contributed by atoms with Gasteiger partial charge in [0.2, 0.25) is 11.8 Å². The number of piperidine rings is 1. The fourth-order valence-corrected chi connectivity index (χ4v) is 3.90. The van der Waals surface area contributed by atoms with Gasteiger partial charge in [0.15, 0.2) is 11.6 Å². The van der Waals surface area contributed by atoms with Gasteiger partial charge in [-0.15, -0.1) is 6.58 Å². The first-order chi connectivity index (χ1) is 12.0. The zero-order chi connectivity index (χ0) is 18.0. The van der Waals surface area contributed by atoms with Crippen molar-refractivity contribution in [3.8, 4) is 0 Å². The summed E-state index contributed by atoms with van der Waals surface area (Å²) in [6, 6.07) is 4.02. The van der Waals surface area contributed by atoms with Crippen molar-refractivity contribution in [2.45, 2.75) is 32.2 Å². The Balaban J connectivity index is 1.74. The molecule has 2 amide bonds. The van der Waals surface area contributed by atoms with Crippen LogP contribution in [0.1, 0.15) is 31.2 Å². The van der Waals surface area contributed by atoms with E-state index in [0.717, 1.165) is 18.9 Å². The van der Waals surface area contributed by atoms with Gasteiger partial charge in [0.1, 0.15) is 0 Å². The summed E-state index contributed by atoms with van der Waals surface area (Å²) in [4.78, 5) is 28.4. The maximum Gasteiger partial charge on any atom is 0.230 e. The van der Waals surface area contributed by atoms with Crippen LogP contribution in [0, 0.1) is 17.0 Å². The molecule has 3 rings (SSSR count). The Morgan fingerprint density at radius 3 is 2.84 bits per heavy atom. The van der Waals surface area contributed by atoms with Crippen LogP contribution in [0.5, 0.6) is 0 Å². The molecular weight excluding hydrogens is 326 g/mol. The summed E-state index contributed by atoms with van der Waals surface area (Å²) in [5.41, 5.74) is -0.401. The third-order valence-electron chi connectivity index (χ3n) is 5.24. The lowest BCUT2D eigenvalue weighted by Crippen LogP contribution is -2.50. The van der Waals surface area contributed by atoms with Crippen molar-refractivity contribution < 1.29 is 18.4 Å². The molecule has 0 bridgehead atoms. The van der Waals surface area contributed by atoms with Crippen molar-refractivity contribution in [2.24, 2.45) is 5.41 Å². The minimum absolute atomic E-state index is 0.0204. The molecule has 2 heterocycles. The number of likely N-dealkylation sites (tertiary alicyclic amines) is 2. The lowest BCUT2D eigenvalue weighted by Gasteiger charge is -2.39. The van der Waals surface area contributed by atoms with Crippen molar-refractivity contribution in [1.82, 2.24) is 9.80 Å². The normalized spacial score (nSPS) is 23.4. The van der Waals surface area contributed by atoms with E-state index in [1.165, 1.54) is 12.1 Å². The molecule has 6 heteroatoms. The van der Waals surface area contributed by atoms with Gasteiger partial charge in [-0.2, -0.15) is 0 Å². The maximum absolute atomic E-state index is 13.9. The zero-order valence-electron chi connectivity index (χ0n) is 14.1. The average molecular weight is 348 g/mol. The molecule has 2 aliphatic rings. The van der Waals surface area contributed by atoms with Crippen LogP contribution in [0.25, 0.3) is 0 Å². The Labute approximate surface area is 146 Å². The highest BCUT2D eigenvalue weighted by atomic mass is 19.2. The first-order valence-corrected chi connectivity index (χ1v) is 8.58. The fourth-order valence-electron chi connectivity index (χ4n) is 3.90. The molecule has 2 saturated heterocycles. The molecular formula is C19H22F2N2O2. The summed E-state index contributed by atoms with van der Waals surface area (Å²) >= 11 is 0. The molecule has 1 atom stereocenters. The number of halogens is 2. The topological polar surface area (TPSA) is 40.6 Å². The predicted octanol–water partition coefficient (Wildman–Crippen LogP) is 2.88. The summed E-state index contributed by atoms with van der Waals surface area (Å²) in [5.74, 6) is -1.88. The number of benzene rings is 1. The molecule has 1 aromatic rings. The molecule has 0 radical (unpaired) electrons. The molecule has 0 saturated carbocycles. The highest BCUT2D eigenvalue weighted by molar-refractivity contribution is 5.86. The maximum atomic E-state index is 13.9. The summed E-state index contributed by atoms with van der Waals surface area (Å²) < 4.78 is 27.3. The zero-order valence-corrected chi connectivity index (χ0v) is 14.1. The molecule has 4 nitrogen and oxygen atoms in total. The average Bonchev–Trinajstić information content (AvgIpc) is 3.02. The minimum Gasteiger partial charge on any atom is -0.341 e. The van der Waals surface area contributed by atoms with Gasteiger partial charge >= 0.3 is 0 Å². The van der Waals surface area contributed by atoms with Gasteiger partial charge in [0.25, 0.3) is 0 Å². The van der Waals surface area contributed by atoms with E-state index in [2.05, 4.69) is 6.58 Å². The molecule has 134 valence electrons. The van der Waals surface area contributed by atoms with E-state index in [9.17, 15) is 18.4 Å². The van der Waals surface area contributed by atoms with E-state index in [1.54, 1.807) is 15.9 Å². The van der Waals surface area contributed by atoms with Crippen LogP contribution in [0.15, 0.2) is 30.9 Å². The summed E-state index contributed by atoms with van der Waals surface area (Å²) in [6.45, 7) is 5.12. The number of carbonyl (C=O) groups is 2. The van der Waals surface area contributed by atoms with E-state index in [0.29, 0.717) is 26.1 Å². The van der Waals surface area contributed by atoms with E-state index in [1.807, 2.05) is 0 Å². The first kappa shape index (κ1) is 17.6. The van der Waals surface area contributed by atoms with Gasteiger partial charge in [-0.05, 0) is 25.3 Å². The van der Waals surface area contributed by atoms with Gasteiger partial charge in [-0.25, -0.2) is 8.78 Å². The van der Waals surface area contributed by atoms with Crippen LogP contribution in [-0.4, -0.2) is 41.2 Å². The Hall–Kier alpha value is -2.24. The van der Waals surface area contributed by atoms with Crippen LogP contribution < -0.4 is 0 Å². The van der Waals surface area contributed by atoms with Gasteiger partial charge < -0.3 is 9.80 Å². The molecule has 0 N–H and O–H groups in total. The van der Waals surface area contributed by atoms with Crippen LogP contribution in [0.2, 0.25) is 0 Å². The predicted molar refractivity (Wildman–Crippen MR) is 89.5 cm³/mol. The summed E-state index contributed by atoms with van der Waals surface area (Å²) in [6.07, 6.45) is 3.98. The second kappa shape index (κ2) is 6.94. The van der Waals surface area contributed by atoms with Crippen molar-refractivity contribution in [1.29, 1.82) is 0 Å². The molecule has 0 aromatic heterocycles. The number of carbonyl (C=O) groups excluding carboxylic acids is 2. The minimum atomic E-state index is -0.904. The van der Waals surface area contributed by atoms with Gasteiger partial charge in [0, 0.05) is 38.2 Å². The van der Waals surface area contributed by atoms with Crippen molar-refractivity contribution in [3.63, 3.8) is 0 Å². The van der Waals surface area contributed by atoms with Crippen LogP contribution in [0.3, 0.4) is 0 Å². The molecule has 2 fully saturated rings. The molecule has 1 aromatic carbocycles. The van der Waals surface area contributed by atoms with Crippen LogP contribution in [0.4, 0.5) is 8.78 Å². The summed E-state index contributed by atoms with van der Waals surface area (Å²) in [5, 5.41) is 0. The van der Waals surface area contributed by atoms with Crippen molar-refractivity contribution >= 4 is 11.8 Å². The largest absolute Gasteiger partial charge is 0.341 e. The van der Waals surface area contributed by atoms with E-state index in [-0.39, 0.29) is 30.3 Å². The standard InChI is InChI=1S/C19H22F2N2O2/c1-2-5-16(24)23-11-9-19(13-23)8-4-10-22(18(19)25)12-14-6-3-7-15(20)17(14)21/h2-3,6-7H,1,4-5,8-13H2. The molecule has 1 unspecified atom stereocenters. The molecule has 1 spiro atoms.